The number of nitrogens with zero attached hydrogens (tertiary/aromatic N) is 5. The van der Waals surface area contributed by atoms with Gasteiger partial charge in [-0.2, -0.15) is 0 Å². The summed E-state index contributed by atoms with van der Waals surface area (Å²) < 4.78 is 16.4. The van der Waals surface area contributed by atoms with Gasteiger partial charge in [0, 0.05) is 47.3 Å². The van der Waals surface area contributed by atoms with Crippen molar-refractivity contribution in [3.63, 3.8) is 0 Å². The molecule has 0 spiro atoms. The van der Waals surface area contributed by atoms with E-state index < -0.39 is 5.97 Å². The summed E-state index contributed by atoms with van der Waals surface area (Å²) in [5.41, 5.74) is 8.82. The molecule has 0 radical (unpaired) electrons. The molecule has 258 valence electrons. The van der Waals surface area contributed by atoms with Crippen LogP contribution in [0.3, 0.4) is 0 Å². The number of esters is 2. The fourth-order valence-corrected chi connectivity index (χ4v) is 6.93. The van der Waals surface area contributed by atoms with Crippen LogP contribution in [0, 0.1) is 6.92 Å². The minimum Gasteiger partial charge on any atom is -0.462 e. The maximum Gasteiger partial charge on any atom is 0.338 e. The highest BCUT2D eigenvalue weighted by atomic mass is 32.1. The second kappa shape index (κ2) is 16.0. The molecule has 7 rings (SSSR count). The average molecular weight is 701 g/mol. The highest BCUT2D eigenvalue weighted by molar-refractivity contribution is 7.15. The molecule has 0 atom stereocenters. The number of rotatable bonds is 12. The molecular weight excluding hydrogens is 665 g/mol. The van der Waals surface area contributed by atoms with Crippen LogP contribution in [0.15, 0.2) is 107 Å². The summed E-state index contributed by atoms with van der Waals surface area (Å²) in [6.45, 7) is 6.36. The van der Waals surface area contributed by atoms with E-state index in [-0.39, 0.29) is 12.6 Å². The summed E-state index contributed by atoms with van der Waals surface area (Å²) in [7, 11) is 0. The summed E-state index contributed by atoms with van der Waals surface area (Å²) in [5.74, 6) is -0.781. The largest absolute Gasteiger partial charge is 0.462 e. The van der Waals surface area contributed by atoms with Crippen LogP contribution in [-0.2, 0) is 20.6 Å². The van der Waals surface area contributed by atoms with Gasteiger partial charge in [-0.3, -0.25) is 10.3 Å². The lowest BCUT2D eigenvalue weighted by atomic mass is 10.0. The molecule has 1 fully saturated rings. The molecule has 2 aromatic heterocycles. The van der Waals surface area contributed by atoms with Gasteiger partial charge >= 0.3 is 11.9 Å². The predicted octanol–water partition coefficient (Wildman–Crippen LogP) is 7.82. The first-order valence-electron chi connectivity index (χ1n) is 16.8. The van der Waals surface area contributed by atoms with Crippen LogP contribution < -0.4 is 5.43 Å². The number of anilines is 1. The lowest BCUT2D eigenvalue weighted by Gasteiger charge is -2.26. The normalized spacial score (nSPS) is 13.5. The highest BCUT2D eigenvalue weighted by Gasteiger charge is 2.17. The molecule has 0 bridgehead atoms. The lowest BCUT2D eigenvalue weighted by Crippen LogP contribution is -2.38. The van der Waals surface area contributed by atoms with Crippen molar-refractivity contribution in [3.8, 4) is 10.6 Å². The SMILES string of the molecule is Cc1nc(-c2c3ccccc3nc3ccccc23)sc1CCOC(=O)c1ccc(NN=Nc2ccc(C(=O)OCCN3CCOCC3)cc2)cc1. The molecule has 4 aromatic carbocycles. The Balaban J connectivity index is 0.889. The molecule has 0 saturated carbocycles. The standard InChI is InChI=1S/C39H36N6O5S/c1-26-35(51-37(40-26)36-31-6-2-4-8-33(31)41-34-9-5-3-7-32(34)36)18-22-49-38(46)27-10-14-29(15-11-27)42-44-43-30-16-12-28(13-17-30)39(47)50-25-21-45-19-23-48-24-20-45/h2-17H,18-25H2,1H3,(H,42,43). The van der Waals surface area contributed by atoms with Gasteiger partial charge in [-0.05, 0) is 67.6 Å². The molecule has 1 saturated heterocycles. The Bertz CT molecular complexity index is 2130. The van der Waals surface area contributed by atoms with Crippen molar-refractivity contribution in [1.82, 2.24) is 14.9 Å². The molecule has 3 heterocycles. The van der Waals surface area contributed by atoms with Crippen molar-refractivity contribution in [2.45, 2.75) is 13.3 Å². The van der Waals surface area contributed by atoms with Crippen LogP contribution >= 0.6 is 11.3 Å². The molecular formula is C39H36N6O5S. The number of aromatic nitrogens is 2. The van der Waals surface area contributed by atoms with E-state index in [4.69, 9.17) is 24.2 Å². The minimum absolute atomic E-state index is 0.234. The Morgan fingerprint density at radius 3 is 2.08 bits per heavy atom. The van der Waals surface area contributed by atoms with Crippen LogP contribution in [-0.4, -0.2) is 72.9 Å². The molecule has 6 aromatic rings. The number of ether oxygens (including phenoxy) is 3. The number of carbonyl (C=O) groups excluding carboxylic acids is 2. The summed E-state index contributed by atoms with van der Waals surface area (Å²) in [5, 5.41) is 11.2. The summed E-state index contributed by atoms with van der Waals surface area (Å²) in [6, 6.07) is 29.8. The van der Waals surface area contributed by atoms with E-state index in [1.54, 1.807) is 59.9 Å². The lowest BCUT2D eigenvalue weighted by molar-refractivity contribution is 0.0195. The number of benzene rings is 4. The fraction of sp³-hybridized carbons (Fsp3) is 0.231. The van der Waals surface area contributed by atoms with Gasteiger partial charge in [0.05, 0.1) is 59.0 Å². The Hall–Kier alpha value is -5.56. The highest BCUT2D eigenvalue weighted by Crippen LogP contribution is 2.38. The zero-order valence-electron chi connectivity index (χ0n) is 28.1. The first-order valence-corrected chi connectivity index (χ1v) is 17.6. The monoisotopic (exact) mass is 700 g/mol. The van der Waals surface area contributed by atoms with Gasteiger partial charge in [0.1, 0.15) is 11.6 Å². The summed E-state index contributed by atoms with van der Waals surface area (Å²) in [6.07, 6.45) is 0.563. The predicted molar refractivity (Wildman–Crippen MR) is 198 cm³/mol. The van der Waals surface area contributed by atoms with E-state index in [0.717, 1.165) is 56.0 Å². The van der Waals surface area contributed by atoms with E-state index in [2.05, 4.69) is 32.8 Å². The Kier molecular flexibility index (Phi) is 10.6. The molecule has 1 aliphatic heterocycles. The Morgan fingerprint density at radius 2 is 1.41 bits per heavy atom. The first kappa shape index (κ1) is 33.9. The number of para-hydroxylation sites is 2. The van der Waals surface area contributed by atoms with E-state index in [9.17, 15) is 9.59 Å². The Morgan fingerprint density at radius 1 is 0.804 bits per heavy atom. The van der Waals surface area contributed by atoms with Crippen molar-refractivity contribution in [3.05, 3.63) is 119 Å². The third kappa shape index (κ3) is 8.26. The molecule has 1 aliphatic rings. The van der Waals surface area contributed by atoms with Gasteiger partial charge in [0.15, 0.2) is 0 Å². The van der Waals surface area contributed by atoms with Gasteiger partial charge in [0.25, 0.3) is 0 Å². The summed E-state index contributed by atoms with van der Waals surface area (Å²) in [4.78, 5) is 38.2. The van der Waals surface area contributed by atoms with Gasteiger partial charge in [0.2, 0.25) is 0 Å². The molecule has 0 aliphatic carbocycles. The molecule has 0 unspecified atom stereocenters. The van der Waals surface area contributed by atoms with Crippen LogP contribution in [0.1, 0.15) is 31.3 Å². The topological polar surface area (TPSA) is 128 Å². The second-order valence-electron chi connectivity index (χ2n) is 12.0. The van der Waals surface area contributed by atoms with Crippen LogP contribution in [0.2, 0.25) is 0 Å². The first-order chi connectivity index (χ1) is 25.0. The molecule has 11 nitrogen and oxygen atoms in total. The number of fused-ring (bicyclic) bond motifs is 2. The number of aryl methyl sites for hydroxylation is 1. The third-order valence-corrected chi connectivity index (χ3v) is 9.80. The fourth-order valence-electron chi connectivity index (χ4n) is 5.82. The van der Waals surface area contributed by atoms with E-state index in [1.807, 2.05) is 43.3 Å². The van der Waals surface area contributed by atoms with E-state index in [1.165, 1.54) is 0 Å². The zero-order valence-corrected chi connectivity index (χ0v) is 28.9. The number of thiazole rings is 1. The van der Waals surface area contributed by atoms with Gasteiger partial charge in [-0.15, -0.1) is 16.5 Å². The van der Waals surface area contributed by atoms with Crippen molar-refractivity contribution in [1.29, 1.82) is 0 Å². The number of pyridine rings is 1. The third-order valence-electron chi connectivity index (χ3n) is 8.57. The van der Waals surface area contributed by atoms with Crippen LogP contribution in [0.5, 0.6) is 0 Å². The number of carbonyl (C=O) groups is 2. The number of hydrogen-bond donors (Lipinski definition) is 1. The number of nitrogens with one attached hydrogen (secondary N) is 1. The minimum atomic E-state index is -0.406. The van der Waals surface area contributed by atoms with Crippen molar-refractivity contribution in [2.24, 2.45) is 10.3 Å². The summed E-state index contributed by atoms with van der Waals surface area (Å²) >= 11 is 1.62. The smallest absolute Gasteiger partial charge is 0.338 e. The van der Waals surface area contributed by atoms with Crippen molar-refractivity contribution in [2.75, 3.05) is 51.5 Å². The maximum atomic E-state index is 12.8. The van der Waals surface area contributed by atoms with Crippen LogP contribution in [0.25, 0.3) is 32.4 Å². The average Bonchev–Trinajstić information content (AvgIpc) is 3.53. The van der Waals surface area contributed by atoms with Crippen LogP contribution in [0.4, 0.5) is 11.4 Å². The van der Waals surface area contributed by atoms with Gasteiger partial charge in [-0.1, -0.05) is 41.6 Å². The molecule has 1 N–H and O–H groups in total. The van der Waals surface area contributed by atoms with Gasteiger partial charge in [-0.25, -0.2) is 19.6 Å². The quantitative estimate of drug-likeness (QED) is 0.0588. The van der Waals surface area contributed by atoms with E-state index in [0.29, 0.717) is 55.3 Å². The number of morpholine rings is 1. The number of hydrogen-bond acceptors (Lipinski definition) is 11. The van der Waals surface area contributed by atoms with Gasteiger partial charge < -0.3 is 14.2 Å². The molecule has 12 heteroatoms. The van der Waals surface area contributed by atoms with Crippen molar-refractivity contribution >= 4 is 56.5 Å². The second-order valence-corrected chi connectivity index (χ2v) is 13.0. The Labute approximate surface area is 298 Å². The molecule has 51 heavy (non-hydrogen) atoms. The maximum absolute atomic E-state index is 12.8. The van der Waals surface area contributed by atoms with E-state index >= 15 is 0 Å². The van der Waals surface area contributed by atoms with Crippen molar-refractivity contribution < 1.29 is 23.8 Å². The molecule has 0 amide bonds. The zero-order chi connectivity index (χ0) is 35.0.